The number of carbonyl (C=O) groups is 1. The van der Waals surface area contributed by atoms with E-state index in [1.807, 2.05) is 6.07 Å². The molecule has 1 amide bonds. The van der Waals surface area contributed by atoms with Gasteiger partial charge >= 0.3 is 0 Å². The van der Waals surface area contributed by atoms with E-state index in [0.29, 0.717) is 28.3 Å². The van der Waals surface area contributed by atoms with Crippen molar-refractivity contribution in [1.29, 1.82) is 0 Å². The van der Waals surface area contributed by atoms with Crippen LogP contribution in [0.15, 0.2) is 54.9 Å². The zero-order valence-corrected chi connectivity index (χ0v) is 15.9. The van der Waals surface area contributed by atoms with Crippen molar-refractivity contribution in [2.24, 2.45) is 7.05 Å². The van der Waals surface area contributed by atoms with Crippen LogP contribution in [-0.2, 0) is 13.6 Å². The number of nitrogens with one attached hydrogen (secondary N) is 1. The number of aryl methyl sites for hydroxylation is 1. The summed E-state index contributed by atoms with van der Waals surface area (Å²) in [6, 6.07) is 13.1. The molecule has 0 aliphatic carbocycles. The molecule has 29 heavy (non-hydrogen) atoms. The highest BCUT2D eigenvalue weighted by atomic mass is 19.1. The van der Waals surface area contributed by atoms with Crippen molar-refractivity contribution in [1.82, 2.24) is 25.1 Å². The Kier molecular flexibility index (Phi) is 4.90. The SMILES string of the molecule is COc1c2ccc(C(=O)NCc3cc(-c4ccc(F)cc4)ncn3)cc2nn1C. The standard InChI is InChI=1S/C21H18FN5O2/c1-27-21(29-2)17-8-5-14(9-19(17)26-27)20(28)23-11-16-10-18(25-12-24-16)13-3-6-15(22)7-4-13/h3-10,12H,11H2,1-2H3,(H,23,28). The molecule has 0 atom stereocenters. The summed E-state index contributed by atoms with van der Waals surface area (Å²) in [6.45, 7) is 0.235. The summed E-state index contributed by atoms with van der Waals surface area (Å²) in [5.41, 5.74) is 3.25. The van der Waals surface area contributed by atoms with Gasteiger partial charge in [-0.05, 0) is 48.5 Å². The van der Waals surface area contributed by atoms with Crippen molar-refractivity contribution in [2.45, 2.75) is 6.54 Å². The van der Waals surface area contributed by atoms with E-state index in [9.17, 15) is 9.18 Å². The maximum absolute atomic E-state index is 13.1. The van der Waals surface area contributed by atoms with Crippen LogP contribution < -0.4 is 10.1 Å². The van der Waals surface area contributed by atoms with Gasteiger partial charge in [-0.3, -0.25) is 4.79 Å². The Hall–Kier alpha value is -3.81. The fourth-order valence-corrected chi connectivity index (χ4v) is 3.11. The number of carbonyl (C=O) groups excluding carboxylic acids is 1. The number of amides is 1. The lowest BCUT2D eigenvalue weighted by molar-refractivity contribution is 0.0950. The van der Waals surface area contributed by atoms with Gasteiger partial charge in [-0.1, -0.05) is 0 Å². The highest BCUT2D eigenvalue weighted by Gasteiger charge is 2.13. The van der Waals surface area contributed by atoms with E-state index in [2.05, 4.69) is 20.4 Å². The second-order valence-corrected chi connectivity index (χ2v) is 6.45. The molecule has 4 rings (SSSR count). The van der Waals surface area contributed by atoms with E-state index in [1.165, 1.54) is 18.5 Å². The van der Waals surface area contributed by atoms with E-state index < -0.39 is 0 Å². The molecule has 7 nitrogen and oxygen atoms in total. The van der Waals surface area contributed by atoms with Gasteiger partial charge in [-0.2, -0.15) is 5.10 Å². The summed E-state index contributed by atoms with van der Waals surface area (Å²) >= 11 is 0. The normalized spacial score (nSPS) is 10.9. The second-order valence-electron chi connectivity index (χ2n) is 6.45. The molecule has 8 heteroatoms. The minimum atomic E-state index is -0.308. The number of methoxy groups -OCH3 is 1. The zero-order chi connectivity index (χ0) is 20.4. The smallest absolute Gasteiger partial charge is 0.251 e. The summed E-state index contributed by atoms with van der Waals surface area (Å²) in [7, 11) is 3.37. The van der Waals surface area contributed by atoms with Gasteiger partial charge in [0, 0.05) is 18.2 Å². The predicted molar refractivity (Wildman–Crippen MR) is 106 cm³/mol. The molecule has 0 spiro atoms. The van der Waals surface area contributed by atoms with Crippen LogP contribution in [0.2, 0.25) is 0 Å². The predicted octanol–water partition coefficient (Wildman–Crippen LogP) is 3.11. The largest absolute Gasteiger partial charge is 0.481 e. The number of ether oxygens (including phenoxy) is 1. The molecule has 0 unspecified atom stereocenters. The molecule has 0 bridgehead atoms. The molecule has 0 radical (unpaired) electrons. The monoisotopic (exact) mass is 391 g/mol. The fourth-order valence-electron chi connectivity index (χ4n) is 3.11. The Morgan fingerprint density at radius 1 is 1.14 bits per heavy atom. The van der Waals surface area contributed by atoms with Crippen molar-refractivity contribution in [3.8, 4) is 17.1 Å². The van der Waals surface area contributed by atoms with Crippen molar-refractivity contribution in [3.63, 3.8) is 0 Å². The lowest BCUT2D eigenvalue weighted by atomic mass is 10.1. The third kappa shape index (κ3) is 3.77. The van der Waals surface area contributed by atoms with Gasteiger partial charge in [0.1, 0.15) is 12.1 Å². The second kappa shape index (κ2) is 7.67. The topological polar surface area (TPSA) is 81.9 Å². The van der Waals surface area contributed by atoms with E-state index >= 15 is 0 Å². The summed E-state index contributed by atoms with van der Waals surface area (Å²) in [5, 5.41) is 8.05. The lowest BCUT2D eigenvalue weighted by Crippen LogP contribution is -2.23. The van der Waals surface area contributed by atoms with E-state index in [1.54, 1.807) is 49.2 Å². The van der Waals surface area contributed by atoms with Crippen LogP contribution >= 0.6 is 0 Å². The number of aromatic nitrogens is 4. The molecule has 0 aliphatic heterocycles. The van der Waals surface area contributed by atoms with Gasteiger partial charge in [0.15, 0.2) is 0 Å². The van der Waals surface area contributed by atoms with Crippen molar-refractivity contribution in [3.05, 3.63) is 71.9 Å². The first-order valence-electron chi connectivity index (χ1n) is 8.91. The molecule has 4 aromatic rings. The van der Waals surface area contributed by atoms with Crippen molar-refractivity contribution >= 4 is 16.8 Å². The van der Waals surface area contributed by atoms with Gasteiger partial charge in [0.25, 0.3) is 5.91 Å². The molecule has 0 saturated heterocycles. The number of hydrogen-bond acceptors (Lipinski definition) is 5. The minimum Gasteiger partial charge on any atom is -0.481 e. The first-order chi connectivity index (χ1) is 14.0. The average Bonchev–Trinajstić information content (AvgIpc) is 3.06. The van der Waals surface area contributed by atoms with Crippen LogP contribution in [0, 0.1) is 5.82 Å². The van der Waals surface area contributed by atoms with E-state index in [-0.39, 0.29) is 18.3 Å². The molecule has 2 aromatic carbocycles. The quantitative estimate of drug-likeness (QED) is 0.565. The van der Waals surface area contributed by atoms with Gasteiger partial charge in [-0.15, -0.1) is 0 Å². The Bertz CT molecular complexity index is 1190. The summed E-state index contributed by atoms with van der Waals surface area (Å²) < 4.78 is 20.1. The van der Waals surface area contributed by atoms with Crippen LogP contribution in [0.5, 0.6) is 5.88 Å². The Balaban J connectivity index is 1.49. The maximum atomic E-state index is 13.1. The van der Waals surface area contributed by atoms with Crippen LogP contribution in [-0.4, -0.2) is 32.8 Å². The molecule has 2 aromatic heterocycles. The van der Waals surface area contributed by atoms with E-state index in [0.717, 1.165) is 10.9 Å². The number of benzene rings is 2. The molecule has 146 valence electrons. The first-order valence-corrected chi connectivity index (χ1v) is 8.91. The van der Waals surface area contributed by atoms with Gasteiger partial charge in [-0.25, -0.2) is 19.0 Å². The van der Waals surface area contributed by atoms with Gasteiger partial charge in [0.2, 0.25) is 5.88 Å². The first kappa shape index (κ1) is 18.5. The van der Waals surface area contributed by atoms with Crippen molar-refractivity contribution in [2.75, 3.05) is 7.11 Å². The number of hydrogen-bond donors (Lipinski definition) is 1. The molecular formula is C21H18FN5O2. The lowest BCUT2D eigenvalue weighted by Gasteiger charge is -2.07. The zero-order valence-electron chi connectivity index (χ0n) is 15.9. The number of fused-ring (bicyclic) bond motifs is 1. The molecule has 1 N–H and O–H groups in total. The Morgan fingerprint density at radius 3 is 2.69 bits per heavy atom. The molecular weight excluding hydrogens is 373 g/mol. The molecule has 2 heterocycles. The van der Waals surface area contributed by atoms with Crippen LogP contribution in [0.3, 0.4) is 0 Å². The number of halogens is 1. The van der Waals surface area contributed by atoms with Gasteiger partial charge < -0.3 is 10.1 Å². The van der Waals surface area contributed by atoms with Crippen LogP contribution in [0.4, 0.5) is 4.39 Å². The van der Waals surface area contributed by atoms with Crippen molar-refractivity contribution < 1.29 is 13.9 Å². The highest BCUT2D eigenvalue weighted by Crippen LogP contribution is 2.25. The maximum Gasteiger partial charge on any atom is 0.251 e. The Labute approximate surface area is 166 Å². The highest BCUT2D eigenvalue weighted by molar-refractivity contribution is 5.98. The third-order valence-electron chi connectivity index (χ3n) is 4.53. The molecule has 0 aliphatic rings. The molecule has 0 fully saturated rings. The fraction of sp³-hybridized carbons (Fsp3) is 0.143. The summed E-state index contributed by atoms with van der Waals surface area (Å²) in [4.78, 5) is 21.0. The molecule has 0 saturated carbocycles. The minimum absolute atomic E-state index is 0.235. The Morgan fingerprint density at radius 2 is 1.93 bits per heavy atom. The summed E-state index contributed by atoms with van der Waals surface area (Å²) in [5.74, 6) is 0.0949. The number of nitrogens with zero attached hydrogens (tertiary/aromatic N) is 4. The van der Waals surface area contributed by atoms with Crippen LogP contribution in [0.1, 0.15) is 16.1 Å². The third-order valence-corrected chi connectivity index (χ3v) is 4.53. The number of rotatable bonds is 5. The summed E-state index contributed by atoms with van der Waals surface area (Å²) in [6.07, 6.45) is 1.42. The van der Waals surface area contributed by atoms with E-state index in [4.69, 9.17) is 4.74 Å². The van der Waals surface area contributed by atoms with Crippen LogP contribution in [0.25, 0.3) is 22.2 Å². The average molecular weight is 391 g/mol. The van der Waals surface area contributed by atoms with Gasteiger partial charge in [0.05, 0.1) is 35.9 Å².